The summed E-state index contributed by atoms with van der Waals surface area (Å²) in [5.41, 5.74) is 7.51. The number of benzene rings is 2. The van der Waals surface area contributed by atoms with Gasteiger partial charge in [0.25, 0.3) is 0 Å². The van der Waals surface area contributed by atoms with E-state index in [2.05, 4.69) is 91.8 Å². The van der Waals surface area contributed by atoms with Crippen molar-refractivity contribution in [2.75, 3.05) is 52.9 Å². The van der Waals surface area contributed by atoms with E-state index in [0.717, 1.165) is 61.5 Å². The molecule has 7 heteroatoms. The van der Waals surface area contributed by atoms with Crippen molar-refractivity contribution in [2.24, 2.45) is 11.8 Å². The number of hydrogen-bond donors (Lipinski definition) is 0. The van der Waals surface area contributed by atoms with Gasteiger partial charge < -0.3 is 33.2 Å². The molecule has 57 heavy (non-hydrogen) atoms. The lowest BCUT2D eigenvalue weighted by molar-refractivity contribution is 0.00221. The van der Waals surface area contributed by atoms with Crippen LogP contribution >= 0.6 is 0 Å². The first-order valence-electron chi connectivity index (χ1n) is 22.6. The summed E-state index contributed by atoms with van der Waals surface area (Å²) in [5, 5.41) is 0. The Balaban J connectivity index is 0.928. The molecular weight excluding hydrogens is 713 g/mol. The second kappa shape index (κ2) is 20.3. The van der Waals surface area contributed by atoms with Gasteiger partial charge in [0.05, 0.1) is 39.6 Å². The smallest absolute Gasteiger partial charge is 0.127 e. The lowest BCUT2D eigenvalue weighted by atomic mass is 9.68. The van der Waals surface area contributed by atoms with E-state index >= 15 is 0 Å². The molecular formula is C50H74O7. The highest BCUT2D eigenvalue weighted by Crippen LogP contribution is 2.55. The molecule has 0 bridgehead atoms. The highest BCUT2D eigenvalue weighted by molar-refractivity contribution is 5.56. The Morgan fingerprint density at radius 3 is 1.32 bits per heavy atom. The van der Waals surface area contributed by atoms with Crippen LogP contribution in [-0.4, -0.2) is 64.1 Å². The highest BCUT2D eigenvalue weighted by atomic mass is 16.6. The molecule has 4 atom stereocenters. The number of rotatable bonds is 22. The highest BCUT2D eigenvalue weighted by Gasteiger charge is 2.47. The first-order chi connectivity index (χ1) is 27.5. The van der Waals surface area contributed by atoms with Gasteiger partial charge in [-0.3, -0.25) is 0 Å². The van der Waals surface area contributed by atoms with Gasteiger partial charge in [0.15, 0.2) is 0 Å². The van der Waals surface area contributed by atoms with Crippen LogP contribution in [0.15, 0.2) is 47.6 Å². The molecule has 6 rings (SSSR count). The maximum atomic E-state index is 6.73. The SMILES string of the molecule is CCCCCc1cc(OCCOCCOCCOCCOc2cc(CCCCC)cc3c2[C@@H]2C=C(C)CC[C@H]2C(C)(C)O3)c2c(c1)OC(C)(C)[C@@H]1CCC(C)=C[C@@H]21. The standard InChI is InChI=1S/C50H74O7/c1-9-11-13-15-37-31-43(47-39-29-35(3)17-19-41(39)49(5,6)56-45(47)33-37)54-27-25-52-23-21-51-22-24-53-26-28-55-44-32-38(16-14-12-10-2)34-46-48(44)40-30-36(4)18-20-42(40)50(7,8)57-46/h29-34,39-42H,9-28H2,1-8H3/t39-,40-,41-,42-/m1/s1. The Kier molecular flexibility index (Phi) is 15.5. The average Bonchev–Trinajstić information content (AvgIpc) is 3.15. The molecule has 0 fully saturated rings. The van der Waals surface area contributed by atoms with E-state index in [1.807, 2.05) is 0 Å². The van der Waals surface area contributed by atoms with Crippen molar-refractivity contribution < 1.29 is 33.2 Å². The maximum Gasteiger partial charge on any atom is 0.127 e. The van der Waals surface area contributed by atoms with E-state index in [4.69, 9.17) is 33.2 Å². The van der Waals surface area contributed by atoms with E-state index in [-0.39, 0.29) is 11.2 Å². The van der Waals surface area contributed by atoms with Gasteiger partial charge in [-0.2, -0.15) is 0 Å². The van der Waals surface area contributed by atoms with Crippen molar-refractivity contribution >= 4 is 0 Å². The normalized spacial score (nSPS) is 22.8. The van der Waals surface area contributed by atoms with Gasteiger partial charge in [-0.25, -0.2) is 0 Å². The minimum atomic E-state index is -0.209. The molecule has 0 N–H and O–H groups in total. The molecule has 2 aliphatic heterocycles. The first-order valence-corrected chi connectivity index (χ1v) is 22.6. The van der Waals surface area contributed by atoms with Crippen LogP contribution in [0.4, 0.5) is 0 Å². The van der Waals surface area contributed by atoms with Crippen molar-refractivity contribution in [1.82, 2.24) is 0 Å². The van der Waals surface area contributed by atoms with E-state index in [1.54, 1.807) is 0 Å². The van der Waals surface area contributed by atoms with Crippen LogP contribution in [-0.2, 0) is 27.1 Å². The van der Waals surface area contributed by atoms with Crippen LogP contribution in [0.5, 0.6) is 23.0 Å². The number of ether oxygens (including phenoxy) is 7. The number of aryl methyl sites for hydroxylation is 2. The molecule has 4 aliphatic rings. The first kappa shape index (κ1) is 43.6. The summed E-state index contributed by atoms with van der Waals surface area (Å²) in [6, 6.07) is 9.08. The predicted molar refractivity (Wildman–Crippen MR) is 231 cm³/mol. The summed E-state index contributed by atoms with van der Waals surface area (Å²) in [6.45, 7) is 22.1. The van der Waals surface area contributed by atoms with Gasteiger partial charge >= 0.3 is 0 Å². The molecule has 2 aromatic carbocycles. The Morgan fingerprint density at radius 1 is 0.544 bits per heavy atom. The zero-order valence-electron chi connectivity index (χ0n) is 36.8. The molecule has 2 heterocycles. The van der Waals surface area contributed by atoms with Crippen molar-refractivity contribution in [3.05, 3.63) is 69.8 Å². The third-order valence-corrected chi connectivity index (χ3v) is 12.9. The van der Waals surface area contributed by atoms with E-state index in [9.17, 15) is 0 Å². The summed E-state index contributed by atoms with van der Waals surface area (Å²) < 4.78 is 44.2. The van der Waals surface area contributed by atoms with E-state index in [0.29, 0.717) is 76.5 Å². The van der Waals surface area contributed by atoms with Gasteiger partial charge in [-0.05, 0) is 128 Å². The predicted octanol–water partition coefficient (Wildman–Crippen LogP) is 11.9. The molecule has 316 valence electrons. The molecule has 7 nitrogen and oxygen atoms in total. The fourth-order valence-electron chi connectivity index (χ4n) is 9.77. The van der Waals surface area contributed by atoms with Crippen LogP contribution in [0.3, 0.4) is 0 Å². The molecule has 0 unspecified atom stereocenters. The molecule has 0 saturated carbocycles. The van der Waals surface area contributed by atoms with E-state index in [1.165, 1.54) is 71.9 Å². The van der Waals surface area contributed by atoms with Crippen molar-refractivity contribution in [3.8, 4) is 23.0 Å². The number of unbranched alkanes of at least 4 members (excludes halogenated alkanes) is 4. The second-order valence-corrected chi connectivity index (χ2v) is 18.2. The number of hydrogen-bond acceptors (Lipinski definition) is 7. The second-order valence-electron chi connectivity index (χ2n) is 18.2. The Hall–Kier alpha value is -3.00. The van der Waals surface area contributed by atoms with Crippen LogP contribution in [0.1, 0.15) is 154 Å². The zero-order valence-corrected chi connectivity index (χ0v) is 36.8. The lowest BCUT2D eigenvalue weighted by Crippen LogP contribution is -2.45. The van der Waals surface area contributed by atoms with Crippen molar-refractivity contribution in [2.45, 2.75) is 155 Å². The quantitative estimate of drug-likeness (QED) is 0.0870. The van der Waals surface area contributed by atoms with Crippen LogP contribution in [0.2, 0.25) is 0 Å². The largest absolute Gasteiger partial charge is 0.491 e. The van der Waals surface area contributed by atoms with Gasteiger partial charge in [-0.1, -0.05) is 62.8 Å². The molecule has 2 aliphatic carbocycles. The Bertz CT molecular complexity index is 1550. The van der Waals surface area contributed by atoms with Crippen molar-refractivity contribution in [1.29, 1.82) is 0 Å². The molecule has 0 aromatic heterocycles. The maximum absolute atomic E-state index is 6.73. The Labute approximate surface area is 345 Å². The fourth-order valence-corrected chi connectivity index (χ4v) is 9.77. The summed E-state index contributed by atoms with van der Waals surface area (Å²) in [4.78, 5) is 0. The molecule has 0 spiro atoms. The minimum Gasteiger partial charge on any atom is -0.491 e. The summed E-state index contributed by atoms with van der Waals surface area (Å²) >= 11 is 0. The lowest BCUT2D eigenvalue weighted by Gasteiger charge is -2.46. The zero-order chi connectivity index (χ0) is 40.4. The number of fused-ring (bicyclic) bond motifs is 6. The summed E-state index contributed by atoms with van der Waals surface area (Å²) in [6.07, 6.45) is 18.8. The number of allylic oxidation sites excluding steroid dienone is 4. The minimum absolute atomic E-state index is 0.209. The van der Waals surface area contributed by atoms with Gasteiger partial charge in [0, 0.05) is 34.8 Å². The molecule has 2 aromatic rings. The van der Waals surface area contributed by atoms with E-state index < -0.39 is 0 Å². The monoisotopic (exact) mass is 787 g/mol. The molecule has 0 saturated heterocycles. The third-order valence-electron chi connectivity index (χ3n) is 12.9. The molecule has 0 radical (unpaired) electrons. The van der Waals surface area contributed by atoms with Gasteiger partial charge in [0.1, 0.15) is 47.4 Å². The third kappa shape index (κ3) is 11.2. The topological polar surface area (TPSA) is 64.6 Å². The van der Waals surface area contributed by atoms with Gasteiger partial charge in [0.2, 0.25) is 0 Å². The molecule has 0 amide bonds. The average molecular weight is 787 g/mol. The van der Waals surface area contributed by atoms with Crippen LogP contribution in [0.25, 0.3) is 0 Å². The van der Waals surface area contributed by atoms with Crippen LogP contribution in [0, 0.1) is 11.8 Å². The van der Waals surface area contributed by atoms with Crippen molar-refractivity contribution in [3.63, 3.8) is 0 Å². The summed E-state index contributed by atoms with van der Waals surface area (Å²) in [5.74, 6) is 5.39. The fraction of sp³-hybridized carbons (Fsp3) is 0.680. The Morgan fingerprint density at radius 2 is 0.930 bits per heavy atom. The van der Waals surface area contributed by atoms with Crippen LogP contribution < -0.4 is 18.9 Å². The summed E-state index contributed by atoms with van der Waals surface area (Å²) in [7, 11) is 0. The van der Waals surface area contributed by atoms with Gasteiger partial charge in [-0.15, -0.1) is 0 Å².